The zero-order valence-electron chi connectivity index (χ0n) is 16.8. The molecule has 0 spiro atoms. The predicted molar refractivity (Wildman–Crippen MR) is 117 cm³/mol. The number of rotatable bonds is 6. The number of hydrogen-bond donors (Lipinski definition) is 1. The minimum Gasteiger partial charge on any atom is -0.495 e. The lowest BCUT2D eigenvalue weighted by Gasteiger charge is -2.21. The van der Waals surface area contributed by atoms with E-state index in [2.05, 4.69) is 18.3 Å². The first-order valence-electron chi connectivity index (χ1n) is 9.61. The summed E-state index contributed by atoms with van der Waals surface area (Å²) in [6, 6.07) is 7.72. The van der Waals surface area contributed by atoms with Gasteiger partial charge in [-0.1, -0.05) is 18.5 Å². The van der Waals surface area contributed by atoms with Gasteiger partial charge >= 0.3 is 0 Å². The maximum absolute atomic E-state index is 12.4. The third kappa shape index (κ3) is 5.23. The second-order valence-electron chi connectivity index (χ2n) is 7.35. The number of methoxy groups -OCH3 is 1. The molecule has 7 heteroatoms. The molecule has 0 radical (unpaired) electrons. The third-order valence-electron chi connectivity index (χ3n) is 5.04. The number of nitriles is 1. The molecule has 1 N–H and O–H groups in total. The Hall–Kier alpha value is -2.23. The number of amides is 1. The van der Waals surface area contributed by atoms with Gasteiger partial charge in [-0.05, 0) is 55.4 Å². The molecule has 1 unspecified atom stereocenters. The van der Waals surface area contributed by atoms with Gasteiger partial charge in [-0.3, -0.25) is 4.79 Å². The first-order valence-corrected chi connectivity index (χ1v) is 11.0. The van der Waals surface area contributed by atoms with Crippen molar-refractivity contribution in [2.45, 2.75) is 44.6 Å². The van der Waals surface area contributed by atoms with Crippen LogP contribution in [-0.4, -0.2) is 23.8 Å². The van der Waals surface area contributed by atoms with Gasteiger partial charge in [-0.15, -0.1) is 11.8 Å². The number of anilines is 1. The number of carbonyl (C=O) groups excluding carboxylic acids is 1. The summed E-state index contributed by atoms with van der Waals surface area (Å²) in [6.07, 6.45) is 3.36. The van der Waals surface area contributed by atoms with Crippen LogP contribution in [-0.2, 0) is 17.6 Å². The maximum Gasteiger partial charge on any atom is 0.225 e. The van der Waals surface area contributed by atoms with E-state index in [1.165, 1.54) is 17.3 Å². The molecule has 0 aliphatic heterocycles. The van der Waals surface area contributed by atoms with Gasteiger partial charge < -0.3 is 10.1 Å². The third-order valence-corrected chi connectivity index (χ3v) is 6.44. The van der Waals surface area contributed by atoms with Gasteiger partial charge in [0.2, 0.25) is 5.91 Å². The Morgan fingerprint density at radius 2 is 2.24 bits per heavy atom. The normalized spacial score (nSPS) is 15.3. The Morgan fingerprint density at radius 1 is 1.45 bits per heavy atom. The molecule has 2 aromatic rings. The van der Waals surface area contributed by atoms with Gasteiger partial charge in [0.15, 0.2) is 0 Å². The van der Waals surface area contributed by atoms with Crippen molar-refractivity contribution in [1.29, 1.82) is 5.26 Å². The Balaban J connectivity index is 1.62. The van der Waals surface area contributed by atoms with Crippen molar-refractivity contribution >= 4 is 35.0 Å². The minimum atomic E-state index is -0.122. The SMILES string of the molecule is COc1cc(Cl)c(C)cc1NC(=O)CCSc1nc2c(cc1C#N)CC(C)CC2. The second-order valence-corrected chi connectivity index (χ2v) is 8.85. The van der Waals surface area contributed by atoms with Gasteiger partial charge in [0, 0.05) is 29.0 Å². The molecule has 1 aromatic heterocycles. The molecular weight excluding hydrogens is 406 g/mol. The monoisotopic (exact) mass is 429 g/mol. The van der Waals surface area contributed by atoms with Crippen molar-refractivity contribution in [2.24, 2.45) is 5.92 Å². The summed E-state index contributed by atoms with van der Waals surface area (Å²) in [5.74, 6) is 1.57. The van der Waals surface area contributed by atoms with Crippen LogP contribution in [0.2, 0.25) is 5.02 Å². The first-order chi connectivity index (χ1) is 13.9. The van der Waals surface area contributed by atoms with Gasteiger partial charge in [-0.25, -0.2) is 4.98 Å². The van der Waals surface area contributed by atoms with E-state index in [0.29, 0.717) is 45.1 Å². The molecule has 0 fully saturated rings. The van der Waals surface area contributed by atoms with E-state index in [-0.39, 0.29) is 5.91 Å². The van der Waals surface area contributed by atoms with E-state index >= 15 is 0 Å². The van der Waals surface area contributed by atoms with Gasteiger partial charge in [0.25, 0.3) is 0 Å². The number of fused-ring (bicyclic) bond motifs is 1. The Labute approximate surface area is 180 Å². The highest BCUT2D eigenvalue weighted by Gasteiger charge is 2.19. The van der Waals surface area contributed by atoms with E-state index in [1.807, 2.05) is 13.0 Å². The number of hydrogen-bond acceptors (Lipinski definition) is 5. The van der Waals surface area contributed by atoms with Gasteiger partial charge in [-0.2, -0.15) is 5.26 Å². The summed E-state index contributed by atoms with van der Waals surface area (Å²) in [6.45, 7) is 4.10. The van der Waals surface area contributed by atoms with Crippen LogP contribution in [0.1, 0.15) is 42.1 Å². The lowest BCUT2D eigenvalue weighted by Crippen LogP contribution is -2.15. The number of nitrogens with zero attached hydrogens (tertiary/aromatic N) is 2. The van der Waals surface area contributed by atoms with Crippen LogP contribution in [0.5, 0.6) is 5.75 Å². The zero-order chi connectivity index (χ0) is 21.0. The largest absolute Gasteiger partial charge is 0.495 e. The molecule has 1 atom stereocenters. The number of aromatic nitrogens is 1. The summed E-state index contributed by atoms with van der Waals surface area (Å²) in [5.41, 5.74) is 4.34. The molecule has 3 rings (SSSR count). The van der Waals surface area contributed by atoms with Crippen molar-refractivity contribution in [2.75, 3.05) is 18.2 Å². The molecule has 1 aliphatic rings. The quantitative estimate of drug-likeness (QED) is 0.641. The summed E-state index contributed by atoms with van der Waals surface area (Å²) in [5, 5.41) is 13.7. The van der Waals surface area contributed by atoms with Gasteiger partial charge in [0.1, 0.15) is 16.8 Å². The molecule has 152 valence electrons. The van der Waals surface area contributed by atoms with Crippen molar-refractivity contribution in [3.8, 4) is 11.8 Å². The van der Waals surface area contributed by atoms with Crippen LogP contribution in [0.25, 0.3) is 0 Å². The molecule has 1 heterocycles. The topological polar surface area (TPSA) is 75.0 Å². The number of pyridine rings is 1. The Morgan fingerprint density at radius 3 is 2.97 bits per heavy atom. The fraction of sp³-hybridized carbons (Fsp3) is 0.409. The number of thioether (sulfide) groups is 1. The van der Waals surface area contributed by atoms with Crippen LogP contribution >= 0.6 is 23.4 Å². The molecule has 29 heavy (non-hydrogen) atoms. The average molecular weight is 430 g/mol. The van der Waals surface area contributed by atoms with Crippen molar-refractivity contribution in [3.63, 3.8) is 0 Å². The number of ether oxygens (including phenoxy) is 1. The molecule has 0 saturated carbocycles. The molecule has 1 aromatic carbocycles. The Kier molecular flexibility index (Phi) is 7.05. The lowest BCUT2D eigenvalue weighted by atomic mass is 9.87. The maximum atomic E-state index is 12.4. The van der Waals surface area contributed by atoms with Crippen LogP contribution in [0.3, 0.4) is 0 Å². The molecule has 0 bridgehead atoms. The first kappa shape index (κ1) is 21.5. The van der Waals surface area contributed by atoms with Crippen molar-refractivity contribution in [3.05, 3.63) is 45.6 Å². The summed E-state index contributed by atoms with van der Waals surface area (Å²) in [4.78, 5) is 17.1. The van der Waals surface area contributed by atoms with E-state index in [9.17, 15) is 10.1 Å². The highest BCUT2D eigenvalue weighted by Crippen LogP contribution is 2.32. The highest BCUT2D eigenvalue weighted by atomic mass is 35.5. The van der Waals surface area contributed by atoms with E-state index in [0.717, 1.165) is 30.5 Å². The lowest BCUT2D eigenvalue weighted by molar-refractivity contribution is -0.115. The molecule has 5 nitrogen and oxygen atoms in total. The number of halogens is 1. The molecule has 1 amide bonds. The number of nitrogens with one attached hydrogen (secondary N) is 1. The predicted octanol–water partition coefficient (Wildman–Crippen LogP) is 5.17. The summed E-state index contributed by atoms with van der Waals surface area (Å²) >= 11 is 7.56. The fourth-order valence-electron chi connectivity index (χ4n) is 3.40. The molecule has 1 aliphatic carbocycles. The van der Waals surface area contributed by atoms with Crippen LogP contribution in [0.15, 0.2) is 23.2 Å². The zero-order valence-corrected chi connectivity index (χ0v) is 18.4. The molecular formula is C22H24ClN3O2S. The number of aryl methyl sites for hydroxylation is 2. The standard InChI is InChI=1S/C22H24ClN3O2S/c1-13-4-5-18-15(8-13)10-16(12-24)22(26-18)29-7-6-21(27)25-19-9-14(2)17(23)11-20(19)28-3/h9-11,13H,4-8H2,1-3H3,(H,25,27). The van der Waals surface area contributed by atoms with Crippen LogP contribution < -0.4 is 10.1 Å². The Bertz CT molecular complexity index is 972. The molecule has 0 saturated heterocycles. The fourth-order valence-corrected chi connectivity index (χ4v) is 4.47. The minimum absolute atomic E-state index is 0.122. The summed E-state index contributed by atoms with van der Waals surface area (Å²) < 4.78 is 5.30. The number of benzene rings is 1. The van der Waals surface area contributed by atoms with Crippen molar-refractivity contribution < 1.29 is 9.53 Å². The van der Waals surface area contributed by atoms with Crippen LogP contribution in [0, 0.1) is 24.2 Å². The highest BCUT2D eigenvalue weighted by molar-refractivity contribution is 7.99. The van der Waals surface area contributed by atoms with E-state index < -0.39 is 0 Å². The second kappa shape index (κ2) is 9.51. The summed E-state index contributed by atoms with van der Waals surface area (Å²) in [7, 11) is 1.54. The number of carbonyl (C=O) groups is 1. The van der Waals surface area contributed by atoms with E-state index in [4.69, 9.17) is 21.3 Å². The van der Waals surface area contributed by atoms with Crippen LogP contribution in [0.4, 0.5) is 5.69 Å². The van der Waals surface area contributed by atoms with E-state index in [1.54, 1.807) is 19.2 Å². The average Bonchev–Trinajstić information content (AvgIpc) is 2.70. The van der Waals surface area contributed by atoms with Crippen molar-refractivity contribution in [1.82, 2.24) is 4.98 Å². The van der Waals surface area contributed by atoms with Gasteiger partial charge in [0.05, 0.1) is 18.4 Å². The smallest absolute Gasteiger partial charge is 0.225 e.